The lowest BCUT2D eigenvalue weighted by Gasteiger charge is -2.32. The fourth-order valence-corrected chi connectivity index (χ4v) is 3.05. The summed E-state index contributed by atoms with van der Waals surface area (Å²) in [6, 6.07) is 5.13. The van der Waals surface area contributed by atoms with Crippen LogP contribution in [0.1, 0.15) is 38.5 Å². The second kappa shape index (κ2) is 6.12. The van der Waals surface area contributed by atoms with Gasteiger partial charge in [-0.05, 0) is 25.0 Å². The summed E-state index contributed by atoms with van der Waals surface area (Å²) in [5, 5.41) is 3.65. The predicted octanol–water partition coefficient (Wildman–Crippen LogP) is 3.98. The number of carbonyl (C=O) groups is 1. The molecule has 104 valence electrons. The average molecular weight is 301 g/mol. The Morgan fingerprint density at radius 1 is 1.21 bits per heavy atom. The monoisotopic (exact) mass is 300 g/mol. The standard InChI is InChI=1S/C14H18Cl2N2O/c15-10-5-4-6-11(16)13(10)18-12(19)9-14(17)7-2-1-3-8-14/h4-6H,1-3,7-9,17H2,(H,18,19). The molecule has 1 aromatic carbocycles. The van der Waals surface area contributed by atoms with Crippen molar-refractivity contribution in [2.75, 3.05) is 5.32 Å². The van der Waals surface area contributed by atoms with Crippen LogP contribution in [0.3, 0.4) is 0 Å². The van der Waals surface area contributed by atoms with E-state index in [-0.39, 0.29) is 11.4 Å². The molecule has 0 unspecified atom stereocenters. The highest BCUT2D eigenvalue weighted by molar-refractivity contribution is 6.39. The maximum absolute atomic E-state index is 12.1. The molecule has 5 heteroatoms. The molecule has 1 aliphatic carbocycles. The molecule has 0 radical (unpaired) electrons. The van der Waals surface area contributed by atoms with Gasteiger partial charge in [-0.2, -0.15) is 0 Å². The van der Waals surface area contributed by atoms with Crippen molar-refractivity contribution < 1.29 is 4.79 Å². The summed E-state index contributed by atoms with van der Waals surface area (Å²) >= 11 is 12.0. The summed E-state index contributed by atoms with van der Waals surface area (Å²) in [4.78, 5) is 12.1. The lowest BCUT2D eigenvalue weighted by atomic mass is 9.80. The van der Waals surface area contributed by atoms with Gasteiger partial charge in [0.05, 0.1) is 15.7 Å². The van der Waals surface area contributed by atoms with E-state index >= 15 is 0 Å². The van der Waals surface area contributed by atoms with Crippen LogP contribution in [0.4, 0.5) is 5.69 Å². The van der Waals surface area contributed by atoms with Gasteiger partial charge < -0.3 is 11.1 Å². The molecule has 3 N–H and O–H groups in total. The minimum atomic E-state index is -0.379. The van der Waals surface area contributed by atoms with Crippen molar-refractivity contribution in [2.45, 2.75) is 44.1 Å². The molecule has 0 aliphatic heterocycles. The number of carbonyl (C=O) groups excluding carboxylic acids is 1. The molecular weight excluding hydrogens is 283 g/mol. The number of anilines is 1. The van der Waals surface area contributed by atoms with Crippen molar-refractivity contribution >= 4 is 34.8 Å². The van der Waals surface area contributed by atoms with Crippen LogP contribution < -0.4 is 11.1 Å². The average Bonchev–Trinajstić information content (AvgIpc) is 2.34. The van der Waals surface area contributed by atoms with Gasteiger partial charge in [-0.25, -0.2) is 0 Å². The number of nitrogens with one attached hydrogen (secondary N) is 1. The molecule has 0 aromatic heterocycles. The molecule has 0 bridgehead atoms. The summed E-state index contributed by atoms with van der Waals surface area (Å²) in [6.07, 6.45) is 5.51. The molecule has 19 heavy (non-hydrogen) atoms. The SMILES string of the molecule is NC1(CC(=O)Nc2c(Cl)cccc2Cl)CCCCC1. The third kappa shape index (κ3) is 3.85. The van der Waals surface area contributed by atoms with Gasteiger partial charge in [-0.1, -0.05) is 48.5 Å². The van der Waals surface area contributed by atoms with Crippen LogP contribution in [0.25, 0.3) is 0 Å². The number of halogens is 2. The first kappa shape index (κ1) is 14.6. The fraction of sp³-hybridized carbons (Fsp3) is 0.500. The summed E-state index contributed by atoms with van der Waals surface area (Å²) in [6.45, 7) is 0. The molecule has 0 heterocycles. The number of hydrogen-bond donors (Lipinski definition) is 2. The smallest absolute Gasteiger partial charge is 0.226 e. The summed E-state index contributed by atoms with van der Waals surface area (Å²) in [5.41, 5.74) is 6.35. The highest BCUT2D eigenvalue weighted by atomic mass is 35.5. The van der Waals surface area contributed by atoms with Crippen LogP contribution in [0.5, 0.6) is 0 Å². The normalized spacial score (nSPS) is 18.1. The van der Waals surface area contributed by atoms with Crippen LogP contribution in [-0.2, 0) is 4.79 Å². The lowest BCUT2D eigenvalue weighted by molar-refractivity contribution is -0.117. The molecule has 0 spiro atoms. The zero-order valence-corrected chi connectivity index (χ0v) is 12.2. The third-order valence-electron chi connectivity index (χ3n) is 3.59. The topological polar surface area (TPSA) is 55.1 Å². The van der Waals surface area contributed by atoms with Crippen LogP contribution in [0.15, 0.2) is 18.2 Å². The Morgan fingerprint density at radius 2 is 1.79 bits per heavy atom. The molecule has 2 rings (SSSR count). The number of rotatable bonds is 3. The van der Waals surface area contributed by atoms with Gasteiger partial charge >= 0.3 is 0 Å². The summed E-state index contributed by atoms with van der Waals surface area (Å²) < 4.78 is 0. The number of amides is 1. The highest BCUT2D eigenvalue weighted by Gasteiger charge is 2.30. The maximum Gasteiger partial charge on any atom is 0.226 e. The molecule has 1 fully saturated rings. The van der Waals surface area contributed by atoms with Gasteiger partial charge in [0.25, 0.3) is 0 Å². The van der Waals surface area contributed by atoms with Gasteiger partial charge in [0.15, 0.2) is 0 Å². The maximum atomic E-state index is 12.1. The lowest BCUT2D eigenvalue weighted by Crippen LogP contribution is -2.44. The van der Waals surface area contributed by atoms with Crippen molar-refractivity contribution in [1.29, 1.82) is 0 Å². The first-order valence-electron chi connectivity index (χ1n) is 6.53. The number of nitrogens with two attached hydrogens (primary N) is 1. The van der Waals surface area contributed by atoms with E-state index in [1.54, 1.807) is 18.2 Å². The van der Waals surface area contributed by atoms with Gasteiger partial charge in [-0.15, -0.1) is 0 Å². The van der Waals surface area contributed by atoms with E-state index < -0.39 is 0 Å². The molecular formula is C14H18Cl2N2O. The van der Waals surface area contributed by atoms with Crippen LogP contribution in [0.2, 0.25) is 10.0 Å². The van der Waals surface area contributed by atoms with Crippen molar-refractivity contribution in [3.8, 4) is 0 Å². The highest BCUT2D eigenvalue weighted by Crippen LogP contribution is 2.32. The van der Waals surface area contributed by atoms with Crippen molar-refractivity contribution in [3.05, 3.63) is 28.2 Å². The Morgan fingerprint density at radius 3 is 2.37 bits per heavy atom. The summed E-state index contributed by atoms with van der Waals surface area (Å²) in [7, 11) is 0. The zero-order valence-electron chi connectivity index (χ0n) is 10.7. The number of hydrogen-bond acceptors (Lipinski definition) is 2. The van der Waals surface area contributed by atoms with E-state index in [1.807, 2.05) is 0 Å². The quantitative estimate of drug-likeness (QED) is 0.887. The van der Waals surface area contributed by atoms with Gasteiger partial charge in [0.1, 0.15) is 0 Å². The Hall–Kier alpha value is -0.770. The molecule has 3 nitrogen and oxygen atoms in total. The van der Waals surface area contributed by atoms with Crippen LogP contribution >= 0.6 is 23.2 Å². The minimum Gasteiger partial charge on any atom is -0.325 e. The van der Waals surface area contributed by atoms with Crippen molar-refractivity contribution in [2.24, 2.45) is 5.73 Å². The van der Waals surface area contributed by atoms with Gasteiger partial charge in [-0.3, -0.25) is 4.79 Å². The first-order chi connectivity index (χ1) is 9.00. The van der Waals surface area contributed by atoms with E-state index in [1.165, 1.54) is 6.42 Å². The molecule has 0 atom stereocenters. The minimum absolute atomic E-state index is 0.126. The van der Waals surface area contributed by atoms with E-state index in [0.29, 0.717) is 22.2 Å². The second-order valence-corrected chi connectivity index (χ2v) is 6.06. The van der Waals surface area contributed by atoms with Crippen LogP contribution in [0, 0.1) is 0 Å². The van der Waals surface area contributed by atoms with E-state index in [0.717, 1.165) is 25.7 Å². The van der Waals surface area contributed by atoms with E-state index in [2.05, 4.69) is 5.32 Å². The Balaban J connectivity index is 2.01. The predicted molar refractivity (Wildman–Crippen MR) is 79.7 cm³/mol. The molecule has 0 saturated heterocycles. The molecule has 1 amide bonds. The van der Waals surface area contributed by atoms with E-state index in [9.17, 15) is 4.79 Å². The second-order valence-electron chi connectivity index (χ2n) is 5.24. The van der Waals surface area contributed by atoms with Gasteiger partial charge in [0, 0.05) is 12.0 Å². The largest absolute Gasteiger partial charge is 0.325 e. The number of benzene rings is 1. The molecule has 1 saturated carbocycles. The van der Waals surface area contributed by atoms with Gasteiger partial charge in [0.2, 0.25) is 5.91 Å². The van der Waals surface area contributed by atoms with Crippen molar-refractivity contribution in [1.82, 2.24) is 0 Å². The van der Waals surface area contributed by atoms with Crippen molar-refractivity contribution in [3.63, 3.8) is 0 Å². The zero-order chi connectivity index (χ0) is 13.9. The first-order valence-corrected chi connectivity index (χ1v) is 7.28. The third-order valence-corrected chi connectivity index (χ3v) is 4.22. The van der Waals surface area contributed by atoms with E-state index in [4.69, 9.17) is 28.9 Å². The molecule has 1 aliphatic rings. The Kier molecular flexibility index (Phi) is 4.71. The Labute approximate surface area is 123 Å². The Bertz CT molecular complexity index is 450. The van der Waals surface area contributed by atoms with Crippen LogP contribution in [-0.4, -0.2) is 11.4 Å². The number of para-hydroxylation sites is 1. The fourth-order valence-electron chi connectivity index (χ4n) is 2.55. The summed E-state index contributed by atoms with van der Waals surface area (Å²) in [5.74, 6) is -0.126. The molecule has 1 aromatic rings.